The van der Waals surface area contributed by atoms with E-state index in [0.29, 0.717) is 0 Å². The number of aryl methyl sites for hydroxylation is 2. The third-order valence-corrected chi connectivity index (χ3v) is 8.28. The maximum absolute atomic E-state index is 2.36. The lowest BCUT2D eigenvalue weighted by atomic mass is 9.75. The summed E-state index contributed by atoms with van der Waals surface area (Å²) in [6.07, 6.45) is 7.91. The van der Waals surface area contributed by atoms with E-state index >= 15 is 0 Å². The summed E-state index contributed by atoms with van der Waals surface area (Å²) in [6.45, 7) is 9.04. The lowest BCUT2D eigenvalue weighted by Crippen LogP contribution is -2.26. The Morgan fingerprint density at radius 1 is 0.724 bits per heavy atom. The Bertz CT molecular complexity index is 1000. The maximum atomic E-state index is 2.36. The molecule has 146 valence electrons. The zero-order valence-corrected chi connectivity index (χ0v) is 18.7. The lowest BCUT2D eigenvalue weighted by molar-refractivity contribution is 0.506. The van der Waals surface area contributed by atoms with Gasteiger partial charge in [0.2, 0.25) is 0 Å². The van der Waals surface area contributed by atoms with Gasteiger partial charge in [-0.2, -0.15) is 0 Å². The molecule has 0 aromatic heterocycles. The van der Waals surface area contributed by atoms with Gasteiger partial charge in [-0.3, -0.25) is 0 Å². The van der Waals surface area contributed by atoms with E-state index in [-0.39, 0.29) is 5.41 Å². The molecule has 0 N–H and O–H groups in total. The molecule has 1 aliphatic rings. The van der Waals surface area contributed by atoms with E-state index in [4.69, 9.17) is 0 Å². The van der Waals surface area contributed by atoms with E-state index in [1.807, 2.05) is 0 Å². The quantitative estimate of drug-likeness (QED) is 0.446. The van der Waals surface area contributed by atoms with Gasteiger partial charge in [-0.15, -0.1) is 0 Å². The Hall–Kier alpha value is -2.43. The maximum Gasteiger partial charge on any atom is -0.00628 e. The van der Waals surface area contributed by atoms with Gasteiger partial charge in [0.25, 0.3) is 0 Å². The molecule has 3 aromatic carbocycles. The fraction of sp³-hybridized carbons (Fsp3) is 0.214. The van der Waals surface area contributed by atoms with Crippen LogP contribution >= 0.6 is 7.92 Å². The molecule has 0 fully saturated rings. The second kappa shape index (κ2) is 8.13. The largest absolute Gasteiger partial charge is 0.0837 e. The highest BCUT2D eigenvalue weighted by atomic mass is 31.1. The van der Waals surface area contributed by atoms with Crippen molar-refractivity contribution in [1.29, 1.82) is 0 Å². The number of allylic oxidation sites excluding steroid dienone is 4. The molecule has 1 heteroatoms. The highest BCUT2D eigenvalue weighted by Crippen LogP contribution is 2.43. The average Bonchev–Trinajstić information content (AvgIpc) is 2.71. The number of hydrogen-bond donors (Lipinski definition) is 0. The van der Waals surface area contributed by atoms with Gasteiger partial charge in [-0.05, 0) is 60.7 Å². The van der Waals surface area contributed by atoms with Crippen LogP contribution in [0.2, 0.25) is 0 Å². The van der Waals surface area contributed by atoms with Gasteiger partial charge >= 0.3 is 0 Å². The first-order valence-electron chi connectivity index (χ1n) is 10.4. The van der Waals surface area contributed by atoms with Crippen LogP contribution in [0, 0.1) is 19.3 Å². The van der Waals surface area contributed by atoms with Crippen LogP contribution in [0.3, 0.4) is 0 Å². The van der Waals surface area contributed by atoms with E-state index in [9.17, 15) is 0 Å². The van der Waals surface area contributed by atoms with E-state index in [0.717, 1.165) is 6.42 Å². The number of hydrogen-bond acceptors (Lipinski definition) is 0. The van der Waals surface area contributed by atoms with Gasteiger partial charge in [0.05, 0.1) is 0 Å². The van der Waals surface area contributed by atoms with Crippen molar-refractivity contribution in [3.8, 4) is 0 Å². The summed E-state index contributed by atoms with van der Waals surface area (Å²) in [5.41, 5.74) is 5.60. The van der Waals surface area contributed by atoms with Crippen LogP contribution in [-0.2, 0) is 0 Å². The van der Waals surface area contributed by atoms with Crippen molar-refractivity contribution in [3.63, 3.8) is 0 Å². The summed E-state index contributed by atoms with van der Waals surface area (Å²) in [6, 6.07) is 27.3. The van der Waals surface area contributed by atoms with E-state index in [1.54, 1.807) is 0 Å². The van der Waals surface area contributed by atoms with Crippen LogP contribution in [-0.4, -0.2) is 0 Å². The minimum atomic E-state index is -0.623. The Kier molecular flexibility index (Phi) is 5.57. The molecule has 0 radical (unpaired) electrons. The predicted octanol–water partition coefficient (Wildman–Crippen LogP) is 6.43. The molecule has 0 saturated carbocycles. The van der Waals surface area contributed by atoms with Crippen molar-refractivity contribution in [1.82, 2.24) is 0 Å². The molecule has 0 spiro atoms. The molecule has 0 bridgehead atoms. The molecule has 0 saturated heterocycles. The SMILES string of the molecule is Cc1ccc(P(c2ccc(C)cc2)c2ccccc2C2=CC=CCC2(C)C)cc1. The number of rotatable bonds is 4. The molecule has 0 nitrogen and oxygen atoms in total. The molecule has 0 heterocycles. The summed E-state index contributed by atoms with van der Waals surface area (Å²) in [5.74, 6) is 0. The van der Waals surface area contributed by atoms with Crippen LogP contribution in [0.4, 0.5) is 0 Å². The second-order valence-corrected chi connectivity index (χ2v) is 10.8. The van der Waals surface area contributed by atoms with E-state index < -0.39 is 7.92 Å². The molecule has 1 aliphatic carbocycles. The Balaban J connectivity index is 1.92. The van der Waals surface area contributed by atoms with Crippen molar-refractivity contribution < 1.29 is 0 Å². The Morgan fingerprint density at radius 2 is 1.28 bits per heavy atom. The van der Waals surface area contributed by atoms with Gasteiger partial charge in [-0.1, -0.05) is 116 Å². The van der Waals surface area contributed by atoms with Crippen molar-refractivity contribution in [2.24, 2.45) is 5.41 Å². The zero-order valence-electron chi connectivity index (χ0n) is 17.8. The molecule has 29 heavy (non-hydrogen) atoms. The minimum absolute atomic E-state index is 0.145. The molecule has 0 unspecified atom stereocenters. The third kappa shape index (κ3) is 4.14. The average molecular weight is 397 g/mol. The third-order valence-electron chi connectivity index (χ3n) is 5.78. The summed E-state index contributed by atoms with van der Waals surface area (Å²) in [7, 11) is -0.623. The standard InChI is InChI=1S/C28H29P/c1-21-12-16-23(17-13-21)29(24-18-14-22(2)15-19-24)27-11-6-5-9-25(27)26-10-7-8-20-28(26,3)4/h5-19H,20H2,1-4H3. The van der Waals surface area contributed by atoms with Gasteiger partial charge < -0.3 is 0 Å². The molecule has 0 aliphatic heterocycles. The first-order valence-corrected chi connectivity index (χ1v) is 11.7. The first kappa shape index (κ1) is 19.9. The Labute approximate surface area is 176 Å². The molecule has 3 aromatic rings. The molecular formula is C28H29P. The smallest absolute Gasteiger partial charge is 0.00628 e. The fourth-order valence-corrected chi connectivity index (χ4v) is 6.45. The van der Waals surface area contributed by atoms with Crippen molar-refractivity contribution in [2.45, 2.75) is 34.1 Å². The molecule has 4 rings (SSSR count). The second-order valence-electron chi connectivity index (χ2n) is 8.62. The van der Waals surface area contributed by atoms with Crippen molar-refractivity contribution in [3.05, 3.63) is 108 Å². The van der Waals surface area contributed by atoms with Crippen molar-refractivity contribution >= 4 is 29.4 Å². The van der Waals surface area contributed by atoms with Gasteiger partial charge in [0.15, 0.2) is 0 Å². The molecule has 0 atom stereocenters. The van der Waals surface area contributed by atoms with Crippen LogP contribution in [0.5, 0.6) is 0 Å². The predicted molar refractivity (Wildman–Crippen MR) is 130 cm³/mol. The molecule has 0 amide bonds. The lowest BCUT2D eigenvalue weighted by Gasteiger charge is -2.32. The molecular weight excluding hydrogens is 367 g/mol. The fourth-order valence-electron chi connectivity index (χ4n) is 4.03. The van der Waals surface area contributed by atoms with Crippen LogP contribution in [0.15, 0.2) is 91.0 Å². The van der Waals surface area contributed by atoms with Crippen LogP contribution in [0.25, 0.3) is 5.57 Å². The summed E-state index contributed by atoms with van der Waals surface area (Å²) >= 11 is 0. The zero-order chi connectivity index (χ0) is 20.4. The van der Waals surface area contributed by atoms with E-state index in [2.05, 4.69) is 119 Å². The summed E-state index contributed by atoms with van der Waals surface area (Å²) in [5, 5.41) is 4.27. The highest BCUT2D eigenvalue weighted by Gasteiger charge is 2.29. The topological polar surface area (TPSA) is 0 Å². The normalized spacial score (nSPS) is 15.4. The first-order chi connectivity index (χ1) is 14.0. The van der Waals surface area contributed by atoms with Gasteiger partial charge in [-0.25, -0.2) is 0 Å². The van der Waals surface area contributed by atoms with E-state index in [1.165, 1.54) is 38.2 Å². The minimum Gasteiger partial charge on any atom is -0.0837 e. The van der Waals surface area contributed by atoms with Crippen LogP contribution in [0.1, 0.15) is 37.0 Å². The summed E-state index contributed by atoms with van der Waals surface area (Å²) in [4.78, 5) is 0. The highest BCUT2D eigenvalue weighted by molar-refractivity contribution is 7.80. The summed E-state index contributed by atoms with van der Waals surface area (Å²) < 4.78 is 0. The van der Waals surface area contributed by atoms with Gasteiger partial charge in [0.1, 0.15) is 0 Å². The van der Waals surface area contributed by atoms with Crippen molar-refractivity contribution in [2.75, 3.05) is 0 Å². The van der Waals surface area contributed by atoms with Crippen LogP contribution < -0.4 is 15.9 Å². The van der Waals surface area contributed by atoms with Gasteiger partial charge in [0, 0.05) is 0 Å². The number of benzene rings is 3. The monoisotopic (exact) mass is 396 g/mol. The Morgan fingerprint density at radius 3 is 1.83 bits per heavy atom.